The van der Waals surface area contributed by atoms with Crippen LogP contribution < -0.4 is 0 Å². The summed E-state index contributed by atoms with van der Waals surface area (Å²) in [7, 11) is 1.85. The van der Waals surface area contributed by atoms with E-state index in [9.17, 15) is 4.79 Å². The molecule has 4 heteroatoms. The molecule has 0 aliphatic rings. The van der Waals surface area contributed by atoms with E-state index in [0.717, 1.165) is 0 Å². The maximum Gasteiger partial charge on any atom is 0.334 e. The second-order valence-electron chi connectivity index (χ2n) is 3.55. The number of esters is 1. The fraction of sp³-hybridized carbons (Fsp3) is 0.636. The van der Waals surface area contributed by atoms with Crippen molar-refractivity contribution < 1.29 is 9.53 Å². The topological polar surface area (TPSA) is 53.3 Å². The summed E-state index contributed by atoms with van der Waals surface area (Å²) in [5.74, 6) is -0.418. The summed E-state index contributed by atoms with van der Waals surface area (Å²) >= 11 is 0. The molecular formula is C11H18N2O2. The summed E-state index contributed by atoms with van der Waals surface area (Å²) in [6.45, 7) is 8.65. The second kappa shape index (κ2) is 7.02. The highest BCUT2D eigenvalue weighted by molar-refractivity contribution is 5.88. The molecule has 0 radical (unpaired) electrons. The SMILES string of the molecule is C=C(CN(C)CC(C)C#N)C(=O)OCC. The summed E-state index contributed by atoms with van der Waals surface area (Å²) in [6.07, 6.45) is 0. The van der Waals surface area contributed by atoms with Crippen molar-refractivity contribution in [2.24, 2.45) is 5.92 Å². The molecule has 0 heterocycles. The first kappa shape index (κ1) is 13.7. The van der Waals surface area contributed by atoms with Crippen molar-refractivity contribution in [3.63, 3.8) is 0 Å². The van der Waals surface area contributed by atoms with E-state index in [0.29, 0.717) is 25.3 Å². The molecule has 0 fully saturated rings. The number of nitriles is 1. The third-order valence-electron chi connectivity index (χ3n) is 1.83. The average molecular weight is 210 g/mol. The van der Waals surface area contributed by atoms with Crippen molar-refractivity contribution >= 4 is 5.97 Å². The molecule has 0 aromatic heterocycles. The predicted octanol–water partition coefficient (Wildman–Crippen LogP) is 1.20. The third-order valence-corrected chi connectivity index (χ3v) is 1.83. The van der Waals surface area contributed by atoms with Gasteiger partial charge in [0.2, 0.25) is 0 Å². The minimum Gasteiger partial charge on any atom is -0.463 e. The van der Waals surface area contributed by atoms with Crippen molar-refractivity contribution in [1.29, 1.82) is 5.26 Å². The number of nitrogens with zero attached hydrogens (tertiary/aromatic N) is 2. The fourth-order valence-corrected chi connectivity index (χ4v) is 1.20. The quantitative estimate of drug-likeness (QED) is 0.488. The van der Waals surface area contributed by atoms with E-state index < -0.39 is 0 Å². The zero-order valence-corrected chi connectivity index (χ0v) is 9.62. The van der Waals surface area contributed by atoms with Crippen molar-refractivity contribution in [3.05, 3.63) is 12.2 Å². The lowest BCUT2D eigenvalue weighted by Crippen LogP contribution is -2.28. The second-order valence-corrected chi connectivity index (χ2v) is 3.55. The van der Waals surface area contributed by atoms with Crippen molar-refractivity contribution in [2.45, 2.75) is 13.8 Å². The van der Waals surface area contributed by atoms with Crippen molar-refractivity contribution in [1.82, 2.24) is 4.90 Å². The Balaban J connectivity index is 3.97. The Morgan fingerprint density at radius 2 is 2.27 bits per heavy atom. The van der Waals surface area contributed by atoms with E-state index in [4.69, 9.17) is 10.00 Å². The van der Waals surface area contributed by atoms with Gasteiger partial charge in [0.05, 0.1) is 18.6 Å². The van der Waals surface area contributed by atoms with Crippen molar-refractivity contribution in [3.8, 4) is 6.07 Å². The predicted molar refractivity (Wildman–Crippen MR) is 58.0 cm³/mol. The van der Waals surface area contributed by atoms with Gasteiger partial charge in [-0.15, -0.1) is 0 Å². The van der Waals surface area contributed by atoms with Crippen LogP contribution in [0.4, 0.5) is 0 Å². The van der Waals surface area contributed by atoms with Crippen LogP contribution in [-0.2, 0) is 9.53 Å². The Hall–Kier alpha value is -1.34. The van der Waals surface area contributed by atoms with E-state index >= 15 is 0 Å². The minimum atomic E-state index is -0.367. The molecular weight excluding hydrogens is 192 g/mol. The van der Waals surface area contributed by atoms with Gasteiger partial charge in [-0.1, -0.05) is 6.58 Å². The minimum absolute atomic E-state index is 0.0509. The lowest BCUT2D eigenvalue weighted by Gasteiger charge is -2.18. The Kier molecular flexibility index (Phi) is 6.39. The number of carbonyl (C=O) groups excluding carboxylic acids is 1. The van der Waals surface area contributed by atoms with Gasteiger partial charge in [0, 0.05) is 18.7 Å². The number of rotatable bonds is 6. The van der Waals surface area contributed by atoms with Crippen LogP contribution >= 0.6 is 0 Å². The molecule has 4 nitrogen and oxygen atoms in total. The summed E-state index contributed by atoms with van der Waals surface area (Å²) in [4.78, 5) is 13.1. The lowest BCUT2D eigenvalue weighted by atomic mass is 10.2. The molecule has 0 amide bonds. The molecule has 0 saturated heterocycles. The monoisotopic (exact) mass is 210 g/mol. The first-order valence-corrected chi connectivity index (χ1v) is 4.94. The number of carbonyl (C=O) groups is 1. The van der Waals surface area contributed by atoms with Crippen molar-refractivity contribution in [2.75, 3.05) is 26.7 Å². The van der Waals surface area contributed by atoms with Gasteiger partial charge in [-0.2, -0.15) is 5.26 Å². The largest absolute Gasteiger partial charge is 0.463 e. The van der Waals surface area contributed by atoms with Gasteiger partial charge in [0.1, 0.15) is 0 Å². The molecule has 0 rings (SSSR count). The number of hydrogen-bond donors (Lipinski definition) is 0. The molecule has 84 valence electrons. The number of likely N-dealkylation sites (N-methyl/N-ethyl adjacent to an activating group) is 1. The molecule has 0 saturated carbocycles. The van der Waals surface area contributed by atoms with Crippen LogP contribution in [0, 0.1) is 17.2 Å². The summed E-state index contributed by atoms with van der Waals surface area (Å²) in [5, 5.41) is 8.62. The molecule has 1 unspecified atom stereocenters. The van der Waals surface area contributed by atoms with Crippen LogP contribution in [0.1, 0.15) is 13.8 Å². The van der Waals surface area contributed by atoms with E-state index in [2.05, 4.69) is 12.6 Å². The molecule has 0 spiro atoms. The van der Waals surface area contributed by atoms with E-state index in [1.54, 1.807) is 6.92 Å². The zero-order valence-electron chi connectivity index (χ0n) is 9.62. The molecule has 0 aliphatic heterocycles. The highest BCUT2D eigenvalue weighted by Crippen LogP contribution is 2.01. The van der Waals surface area contributed by atoms with E-state index in [1.807, 2.05) is 18.9 Å². The molecule has 0 N–H and O–H groups in total. The van der Waals surface area contributed by atoms with Crippen LogP contribution in [0.2, 0.25) is 0 Å². The molecule has 0 aromatic rings. The standard InChI is InChI=1S/C11H18N2O2/c1-5-15-11(14)10(3)8-13(4)7-9(2)6-12/h9H,3,5,7-8H2,1-2,4H3. The Morgan fingerprint density at radius 1 is 1.67 bits per heavy atom. The van der Waals surface area contributed by atoms with Gasteiger partial charge in [0.15, 0.2) is 0 Å². The molecule has 0 bridgehead atoms. The first-order chi connectivity index (χ1) is 7.01. The van der Waals surface area contributed by atoms with Gasteiger partial charge in [0.25, 0.3) is 0 Å². The fourth-order valence-electron chi connectivity index (χ4n) is 1.20. The lowest BCUT2D eigenvalue weighted by molar-refractivity contribution is -0.138. The Labute approximate surface area is 91.1 Å². The van der Waals surface area contributed by atoms with Crippen LogP contribution in [0.25, 0.3) is 0 Å². The normalized spacial score (nSPS) is 11.9. The average Bonchev–Trinajstić information content (AvgIpc) is 2.17. The molecule has 15 heavy (non-hydrogen) atoms. The van der Waals surface area contributed by atoms with Crippen LogP contribution in [0.15, 0.2) is 12.2 Å². The number of hydrogen-bond acceptors (Lipinski definition) is 4. The van der Waals surface area contributed by atoms with E-state index in [-0.39, 0.29) is 11.9 Å². The maximum atomic E-state index is 11.2. The molecule has 1 atom stereocenters. The first-order valence-electron chi connectivity index (χ1n) is 4.94. The smallest absolute Gasteiger partial charge is 0.334 e. The van der Waals surface area contributed by atoms with Gasteiger partial charge in [-0.3, -0.25) is 0 Å². The Morgan fingerprint density at radius 3 is 2.73 bits per heavy atom. The van der Waals surface area contributed by atoms with Crippen LogP contribution in [-0.4, -0.2) is 37.6 Å². The maximum absolute atomic E-state index is 11.2. The van der Waals surface area contributed by atoms with E-state index in [1.165, 1.54) is 0 Å². The highest BCUT2D eigenvalue weighted by atomic mass is 16.5. The zero-order chi connectivity index (χ0) is 11.8. The Bertz CT molecular complexity index is 268. The highest BCUT2D eigenvalue weighted by Gasteiger charge is 2.12. The van der Waals surface area contributed by atoms with Crippen LogP contribution in [0.3, 0.4) is 0 Å². The summed E-state index contributed by atoms with van der Waals surface area (Å²) < 4.78 is 4.81. The number of ether oxygens (including phenoxy) is 1. The summed E-state index contributed by atoms with van der Waals surface area (Å²) in [5.41, 5.74) is 0.421. The van der Waals surface area contributed by atoms with Gasteiger partial charge in [-0.25, -0.2) is 4.79 Å². The summed E-state index contributed by atoms with van der Waals surface area (Å²) in [6, 6.07) is 2.14. The van der Waals surface area contributed by atoms with Crippen LogP contribution in [0.5, 0.6) is 0 Å². The molecule has 0 aliphatic carbocycles. The van der Waals surface area contributed by atoms with Gasteiger partial charge < -0.3 is 9.64 Å². The molecule has 0 aromatic carbocycles. The third kappa shape index (κ3) is 5.87. The van der Waals surface area contributed by atoms with Gasteiger partial charge >= 0.3 is 5.97 Å². The van der Waals surface area contributed by atoms with Gasteiger partial charge in [-0.05, 0) is 20.9 Å².